The van der Waals surface area contributed by atoms with E-state index < -0.39 is 5.97 Å². The van der Waals surface area contributed by atoms with Crippen LogP contribution in [0.1, 0.15) is 40.7 Å². The molecule has 0 radical (unpaired) electrons. The van der Waals surface area contributed by atoms with E-state index in [1.54, 1.807) is 29.2 Å². The molecule has 2 amide bonds. The molecular weight excluding hydrogens is 394 g/mol. The molecule has 2 aromatic rings. The number of nitrogens with zero attached hydrogens (tertiary/aromatic N) is 2. The summed E-state index contributed by atoms with van der Waals surface area (Å²) in [7, 11) is 1.32. The van der Waals surface area contributed by atoms with Gasteiger partial charge in [0.15, 0.2) is 0 Å². The number of rotatable bonds is 4. The number of esters is 1. The minimum Gasteiger partial charge on any atom is -0.465 e. The van der Waals surface area contributed by atoms with Gasteiger partial charge in [0, 0.05) is 11.4 Å². The molecule has 0 spiro atoms. The number of aliphatic imine (C=N–C) groups is 1. The third-order valence-corrected chi connectivity index (χ3v) is 5.93. The van der Waals surface area contributed by atoms with Crippen molar-refractivity contribution in [1.29, 1.82) is 0 Å². The van der Waals surface area contributed by atoms with E-state index in [-0.39, 0.29) is 24.3 Å². The maximum absolute atomic E-state index is 13.3. The van der Waals surface area contributed by atoms with Crippen LogP contribution in [-0.2, 0) is 14.3 Å². The molecule has 1 fully saturated rings. The Morgan fingerprint density at radius 1 is 1.16 bits per heavy atom. The summed E-state index contributed by atoms with van der Waals surface area (Å²) in [5, 5.41) is 2.81. The zero-order valence-electron chi connectivity index (χ0n) is 17.9. The fourth-order valence-corrected chi connectivity index (χ4v) is 4.10. The van der Waals surface area contributed by atoms with Crippen LogP contribution in [0.2, 0.25) is 0 Å². The van der Waals surface area contributed by atoms with Gasteiger partial charge in [-0.1, -0.05) is 0 Å². The summed E-state index contributed by atoms with van der Waals surface area (Å²) in [4.78, 5) is 44.1. The van der Waals surface area contributed by atoms with E-state index in [2.05, 4.69) is 10.1 Å². The minimum absolute atomic E-state index is 0.0746. The predicted molar refractivity (Wildman–Crippen MR) is 119 cm³/mol. The highest BCUT2D eigenvalue weighted by atomic mass is 16.5. The van der Waals surface area contributed by atoms with Crippen molar-refractivity contribution in [3.05, 3.63) is 53.1 Å². The van der Waals surface area contributed by atoms with Gasteiger partial charge in [-0.2, -0.15) is 0 Å². The third-order valence-electron chi connectivity index (χ3n) is 5.93. The van der Waals surface area contributed by atoms with Gasteiger partial charge in [-0.3, -0.25) is 14.6 Å². The lowest BCUT2D eigenvalue weighted by Crippen LogP contribution is -2.42. The van der Waals surface area contributed by atoms with E-state index >= 15 is 0 Å². The van der Waals surface area contributed by atoms with Gasteiger partial charge < -0.3 is 15.0 Å². The molecule has 1 heterocycles. The van der Waals surface area contributed by atoms with Gasteiger partial charge in [0.1, 0.15) is 6.54 Å². The van der Waals surface area contributed by atoms with Crippen LogP contribution < -0.4 is 10.2 Å². The maximum atomic E-state index is 13.3. The number of fused-ring (bicyclic) bond motifs is 2. The summed E-state index contributed by atoms with van der Waals surface area (Å²) in [5.41, 5.74) is 5.41. The van der Waals surface area contributed by atoms with Gasteiger partial charge >= 0.3 is 5.97 Å². The molecule has 0 saturated heterocycles. The molecule has 0 unspecified atom stereocenters. The Morgan fingerprint density at radius 2 is 1.87 bits per heavy atom. The van der Waals surface area contributed by atoms with Gasteiger partial charge in [-0.05, 0) is 80.6 Å². The van der Waals surface area contributed by atoms with E-state index in [1.165, 1.54) is 7.11 Å². The summed E-state index contributed by atoms with van der Waals surface area (Å²) >= 11 is 0. The number of hydrogen-bond acceptors (Lipinski definition) is 5. The number of anilines is 2. The Labute approximate surface area is 181 Å². The third kappa shape index (κ3) is 4.08. The van der Waals surface area contributed by atoms with E-state index in [0.29, 0.717) is 16.9 Å². The predicted octanol–water partition coefficient (Wildman–Crippen LogP) is 3.95. The second kappa shape index (κ2) is 8.34. The van der Waals surface area contributed by atoms with Crippen LogP contribution in [0.25, 0.3) is 0 Å². The molecule has 0 aromatic heterocycles. The number of hydrogen-bond donors (Lipinski definition) is 1. The van der Waals surface area contributed by atoms with Crippen LogP contribution in [0, 0.1) is 19.8 Å². The number of ether oxygens (including phenoxy) is 1. The molecule has 1 aliphatic carbocycles. The minimum atomic E-state index is -0.442. The highest BCUT2D eigenvalue weighted by Crippen LogP contribution is 2.39. The van der Waals surface area contributed by atoms with Crippen molar-refractivity contribution < 1.29 is 19.1 Å². The average molecular weight is 419 g/mol. The summed E-state index contributed by atoms with van der Waals surface area (Å²) in [6.45, 7) is 3.90. The van der Waals surface area contributed by atoms with Crippen LogP contribution in [0.15, 0.2) is 41.4 Å². The van der Waals surface area contributed by atoms with Gasteiger partial charge in [0.25, 0.3) is 0 Å². The van der Waals surface area contributed by atoms with Crippen molar-refractivity contribution >= 4 is 40.6 Å². The SMILES string of the molecule is COC(=O)c1ccc(NC(=O)CN2C(=O)[C@@H]3CCCC3=Nc3cc(C)c(C)cc32)cc1. The van der Waals surface area contributed by atoms with Gasteiger partial charge in [-0.25, -0.2) is 4.79 Å². The number of carbonyl (C=O) groups excluding carboxylic acids is 3. The van der Waals surface area contributed by atoms with Gasteiger partial charge in [-0.15, -0.1) is 0 Å². The molecule has 1 atom stereocenters. The normalized spacial score (nSPS) is 17.4. The number of methoxy groups -OCH3 is 1. The molecule has 0 bridgehead atoms. The molecule has 1 N–H and O–H groups in total. The van der Waals surface area contributed by atoms with Gasteiger partial charge in [0.2, 0.25) is 11.8 Å². The first kappa shape index (κ1) is 20.8. The smallest absolute Gasteiger partial charge is 0.337 e. The average Bonchev–Trinajstić information content (AvgIpc) is 3.19. The first-order valence-corrected chi connectivity index (χ1v) is 10.4. The van der Waals surface area contributed by atoms with E-state index in [9.17, 15) is 14.4 Å². The fourth-order valence-electron chi connectivity index (χ4n) is 4.10. The van der Waals surface area contributed by atoms with E-state index in [0.717, 1.165) is 41.8 Å². The number of carbonyl (C=O) groups is 3. The highest BCUT2D eigenvalue weighted by Gasteiger charge is 2.37. The first-order chi connectivity index (χ1) is 14.9. The molecule has 160 valence electrons. The summed E-state index contributed by atoms with van der Waals surface area (Å²) < 4.78 is 4.69. The fraction of sp³-hybridized carbons (Fsp3) is 0.333. The molecule has 2 aliphatic rings. The van der Waals surface area contributed by atoms with Crippen molar-refractivity contribution in [2.75, 3.05) is 23.9 Å². The molecule has 7 heteroatoms. The zero-order chi connectivity index (χ0) is 22.1. The van der Waals surface area contributed by atoms with E-state index in [4.69, 9.17) is 4.99 Å². The Hall–Kier alpha value is -3.48. The maximum Gasteiger partial charge on any atom is 0.337 e. The molecular formula is C24H25N3O4. The second-order valence-corrected chi connectivity index (χ2v) is 8.01. The van der Waals surface area contributed by atoms with Crippen LogP contribution in [-0.4, -0.2) is 37.1 Å². The number of nitrogens with one attached hydrogen (secondary N) is 1. The Morgan fingerprint density at radius 3 is 2.58 bits per heavy atom. The number of aryl methyl sites for hydroxylation is 2. The van der Waals surface area contributed by atoms with Crippen molar-refractivity contribution in [3.63, 3.8) is 0 Å². The topological polar surface area (TPSA) is 88.1 Å². The summed E-state index contributed by atoms with van der Waals surface area (Å²) in [6, 6.07) is 10.4. The molecule has 1 saturated carbocycles. The zero-order valence-corrected chi connectivity index (χ0v) is 17.9. The summed E-state index contributed by atoms with van der Waals surface area (Å²) in [6.07, 6.45) is 2.51. The molecule has 1 aliphatic heterocycles. The van der Waals surface area contributed by atoms with Crippen molar-refractivity contribution in [2.24, 2.45) is 10.9 Å². The van der Waals surface area contributed by atoms with Crippen molar-refractivity contribution in [1.82, 2.24) is 0 Å². The van der Waals surface area contributed by atoms with Crippen LogP contribution in [0.4, 0.5) is 17.1 Å². The molecule has 4 rings (SSSR count). The summed E-state index contributed by atoms with van der Waals surface area (Å²) in [5.74, 6) is -1.10. The lowest BCUT2D eigenvalue weighted by Gasteiger charge is -2.25. The Bertz CT molecular complexity index is 1090. The van der Waals surface area contributed by atoms with Crippen LogP contribution >= 0.6 is 0 Å². The largest absolute Gasteiger partial charge is 0.465 e. The number of benzene rings is 2. The lowest BCUT2D eigenvalue weighted by atomic mass is 10.0. The monoisotopic (exact) mass is 419 g/mol. The van der Waals surface area contributed by atoms with Crippen LogP contribution in [0.5, 0.6) is 0 Å². The van der Waals surface area contributed by atoms with E-state index in [1.807, 2.05) is 26.0 Å². The Balaban J connectivity index is 1.58. The lowest BCUT2D eigenvalue weighted by molar-refractivity contribution is -0.122. The standard InChI is InChI=1S/C24H25N3O4/c1-14-11-20-21(12-15(14)2)27(23(29)18-5-4-6-19(18)26-20)13-22(28)25-17-9-7-16(8-10-17)24(30)31-3/h7-12,18H,4-6,13H2,1-3H3,(H,25,28)/t18-/m1/s1. The second-order valence-electron chi connectivity index (χ2n) is 8.01. The highest BCUT2D eigenvalue weighted by molar-refractivity contribution is 6.17. The Kier molecular flexibility index (Phi) is 5.59. The first-order valence-electron chi connectivity index (χ1n) is 10.4. The molecule has 2 aromatic carbocycles. The van der Waals surface area contributed by atoms with Crippen LogP contribution in [0.3, 0.4) is 0 Å². The number of amides is 2. The van der Waals surface area contributed by atoms with Crippen molar-refractivity contribution in [2.45, 2.75) is 33.1 Å². The van der Waals surface area contributed by atoms with Crippen molar-refractivity contribution in [3.8, 4) is 0 Å². The van der Waals surface area contributed by atoms with Gasteiger partial charge in [0.05, 0.1) is 30.0 Å². The quantitative estimate of drug-likeness (QED) is 0.760. The molecule has 31 heavy (non-hydrogen) atoms. The molecule has 7 nitrogen and oxygen atoms in total.